The summed E-state index contributed by atoms with van der Waals surface area (Å²) in [6.45, 7) is 4.44. The molecule has 0 amide bonds. The molecule has 116 valence electrons. The maximum Gasteiger partial charge on any atom is 0.0743 e. The summed E-state index contributed by atoms with van der Waals surface area (Å²) in [6, 6.07) is 2.19. The van der Waals surface area contributed by atoms with Crippen LogP contribution < -0.4 is 5.32 Å². The Morgan fingerprint density at radius 1 is 0.950 bits per heavy atom. The second-order valence-corrected chi connectivity index (χ2v) is 7.81. The predicted octanol–water partition coefficient (Wildman–Crippen LogP) is 6.52. The van der Waals surface area contributed by atoms with Gasteiger partial charge in [0.15, 0.2) is 0 Å². The summed E-state index contributed by atoms with van der Waals surface area (Å²) in [5.41, 5.74) is 1.39. The van der Waals surface area contributed by atoms with Crippen molar-refractivity contribution in [1.29, 1.82) is 0 Å². The molecule has 0 saturated heterocycles. The third-order valence-corrected chi connectivity index (χ3v) is 5.53. The van der Waals surface area contributed by atoms with Gasteiger partial charge in [-0.3, -0.25) is 0 Å². The molecule has 0 spiro atoms. The first-order valence-electron chi connectivity index (χ1n) is 8.27. The molecule has 0 fully saturated rings. The molecule has 0 atom stereocenters. The lowest BCUT2D eigenvalue weighted by Gasteiger charge is -2.04. The number of halogens is 1. The Hall–Kier alpha value is 0.140. The first-order valence-corrected chi connectivity index (χ1v) is 9.94. The molecule has 20 heavy (non-hydrogen) atoms. The van der Waals surface area contributed by atoms with E-state index in [-0.39, 0.29) is 0 Å². The van der Waals surface area contributed by atoms with Crippen LogP contribution in [-0.2, 0) is 6.54 Å². The average molecular weight is 360 g/mol. The highest BCUT2D eigenvalue weighted by molar-refractivity contribution is 9.11. The molecule has 0 aromatic carbocycles. The zero-order chi connectivity index (χ0) is 14.5. The van der Waals surface area contributed by atoms with E-state index in [0.717, 1.165) is 13.1 Å². The Kier molecular flexibility index (Phi) is 11.7. The van der Waals surface area contributed by atoms with Crippen molar-refractivity contribution >= 4 is 27.3 Å². The van der Waals surface area contributed by atoms with Gasteiger partial charge in [0, 0.05) is 6.54 Å². The molecule has 3 heteroatoms. The van der Waals surface area contributed by atoms with Gasteiger partial charge in [0.05, 0.1) is 3.79 Å². The van der Waals surface area contributed by atoms with Gasteiger partial charge in [0.25, 0.3) is 0 Å². The number of nitrogens with one attached hydrogen (secondary N) is 1. The van der Waals surface area contributed by atoms with Crippen LogP contribution in [-0.4, -0.2) is 6.54 Å². The summed E-state index contributed by atoms with van der Waals surface area (Å²) in [6.07, 6.45) is 14.1. The Labute approximate surface area is 137 Å². The van der Waals surface area contributed by atoms with Crippen molar-refractivity contribution in [2.45, 2.75) is 77.7 Å². The molecule has 1 rings (SSSR count). The van der Waals surface area contributed by atoms with Crippen molar-refractivity contribution in [2.75, 3.05) is 6.54 Å². The van der Waals surface area contributed by atoms with E-state index in [1.54, 1.807) is 11.3 Å². The molecule has 1 heterocycles. The molecular weight excluding hydrogens is 330 g/mol. The fraction of sp³-hybridized carbons (Fsp3) is 0.765. The quantitative estimate of drug-likeness (QED) is 0.395. The molecule has 0 unspecified atom stereocenters. The predicted molar refractivity (Wildman–Crippen MR) is 95.6 cm³/mol. The zero-order valence-electron chi connectivity index (χ0n) is 12.9. The Morgan fingerprint density at radius 2 is 1.55 bits per heavy atom. The van der Waals surface area contributed by atoms with E-state index in [2.05, 4.69) is 39.6 Å². The Bertz CT molecular complexity index is 325. The molecule has 1 nitrogen and oxygen atoms in total. The van der Waals surface area contributed by atoms with Gasteiger partial charge in [-0.15, -0.1) is 11.3 Å². The molecule has 0 radical (unpaired) electrons. The second-order valence-electron chi connectivity index (χ2n) is 5.58. The first kappa shape index (κ1) is 18.2. The van der Waals surface area contributed by atoms with E-state index in [4.69, 9.17) is 0 Å². The standard InChI is InChI=1S/C17H30BrNS/c1-2-3-4-5-6-7-8-9-10-11-13-19-15-16-12-14-20-17(16)18/h12,14,19H,2-11,13,15H2,1H3. The largest absolute Gasteiger partial charge is 0.313 e. The maximum atomic E-state index is 3.58. The van der Waals surface area contributed by atoms with E-state index in [1.165, 1.54) is 73.6 Å². The van der Waals surface area contributed by atoms with Gasteiger partial charge in [0.1, 0.15) is 0 Å². The van der Waals surface area contributed by atoms with Gasteiger partial charge in [-0.05, 0) is 45.9 Å². The van der Waals surface area contributed by atoms with E-state index in [9.17, 15) is 0 Å². The lowest BCUT2D eigenvalue weighted by atomic mass is 10.1. The van der Waals surface area contributed by atoms with Crippen LogP contribution >= 0.6 is 27.3 Å². The topological polar surface area (TPSA) is 12.0 Å². The fourth-order valence-corrected chi connectivity index (χ4v) is 3.65. The molecule has 0 saturated carbocycles. The lowest BCUT2D eigenvalue weighted by molar-refractivity contribution is 0.543. The highest BCUT2D eigenvalue weighted by Gasteiger charge is 1.99. The van der Waals surface area contributed by atoms with Crippen LogP contribution in [0.3, 0.4) is 0 Å². The van der Waals surface area contributed by atoms with Crippen LogP contribution in [0.5, 0.6) is 0 Å². The number of thiophene rings is 1. The van der Waals surface area contributed by atoms with Crippen LogP contribution in [0.2, 0.25) is 0 Å². The van der Waals surface area contributed by atoms with Crippen molar-refractivity contribution < 1.29 is 0 Å². The molecule has 0 bridgehead atoms. The first-order chi connectivity index (χ1) is 9.84. The van der Waals surface area contributed by atoms with Gasteiger partial charge in [-0.25, -0.2) is 0 Å². The maximum absolute atomic E-state index is 3.58. The number of unbranched alkanes of at least 4 members (excludes halogenated alkanes) is 9. The van der Waals surface area contributed by atoms with Crippen molar-refractivity contribution in [3.63, 3.8) is 0 Å². The van der Waals surface area contributed by atoms with Crippen molar-refractivity contribution in [3.05, 3.63) is 20.8 Å². The van der Waals surface area contributed by atoms with E-state index in [0.29, 0.717) is 0 Å². The Morgan fingerprint density at radius 3 is 2.10 bits per heavy atom. The summed E-state index contributed by atoms with van der Waals surface area (Å²) in [4.78, 5) is 0. The highest BCUT2D eigenvalue weighted by atomic mass is 79.9. The van der Waals surface area contributed by atoms with Gasteiger partial charge < -0.3 is 5.32 Å². The van der Waals surface area contributed by atoms with Crippen LogP contribution in [0.15, 0.2) is 15.2 Å². The molecule has 1 aromatic heterocycles. The summed E-state index contributed by atoms with van der Waals surface area (Å²) in [5, 5.41) is 5.67. The second kappa shape index (κ2) is 12.8. The summed E-state index contributed by atoms with van der Waals surface area (Å²) >= 11 is 5.34. The SMILES string of the molecule is CCCCCCCCCCCCNCc1ccsc1Br. The lowest BCUT2D eigenvalue weighted by Crippen LogP contribution is -2.14. The summed E-state index contributed by atoms with van der Waals surface area (Å²) < 4.78 is 1.27. The van der Waals surface area contributed by atoms with Gasteiger partial charge in [-0.2, -0.15) is 0 Å². The monoisotopic (exact) mass is 359 g/mol. The van der Waals surface area contributed by atoms with Gasteiger partial charge in [0.2, 0.25) is 0 Å². The van der Waals surface area contributed by atoms with Crippen molar-refractivity contribution in [2.24, 2.45) is 0 Å². The molecular formula is C17H30BrNS. The number of rotatable bonds is 13. The molecule has 0 aliphatic carbocycles. The third-order valence-electron chi connectivity index (χ3n) is 3.72. The van der Waals surface area contributed by atoms with Crippen molar-refractivity contribution in [1.82, 2.24) is 5.32 Å². The van der Waals surface area contributed by atoms with E-state index in [1.807, 2.05) is 0 Å². The minimum absolute atomic E-state index is 1.00. The average Bonchev–Trinajstić information content (AvgIpc) is 2.85. The zero-order valence-corrected chi connectivity index (χ0v) is 15.3. The summed E-state index contributed by atoms with van der Waals surface area (Å²) in [5.74, 6) is 0. The molecule has 1 N–H and O–H groups in total. The van der Waals surface area contributed by atoms with Crippen LogP contribution in [0, 0.1) is 0 Å². The number of hydrogen-bond acceptors (Lipinski definition) is 2. The van der Waals surface area contributed by atoms with Crippen LogP contribution in [0.4, 0.5) is 0 Å². The van der Waals surface area contributed by atoms with E-state index < -0.39 is 0 Å². The Balaban J connectivity index is 1.78. The van der Waals surface area contributed by atoms with Crippen LogP contribution in [0.1, 0.15) is 76.7 Å². The van der Waals surface area contributed by atoms with Crippen LogP contribution in [0.25, 0.3) is 0 Å². The van der Waals surface area contributed by atoms with Gasteiger partial charge >= 0.3 is 0 Å². The minimum Gasteiger partial charge on any atom is -0.313 e. The molecule has 0 aliphatic heterocycles. The van der Waals surface area contributed by atoms with Gasteiger partial charge in [-0.1, -0.05) is 64.7 Å². The number of hydrogen-bond donors (Lipinski definition) is 1. The van der Waals surface area contributed by atoms with Crippen molar-refractivity contribution in [3.8, 4) is 0 Å². The normalized spacial score (nSPS) is 11.1. The van der Waals surface area contributed by atoms with E-state index >= 15 is 0 Å². The smallest absolute Gasteiger partial charge is 0.0743 e. The minimum atomic E-state index is 1.00. The highest BCUT2D eigenvalue weighted by Crippen LogP contribution is 2.22. The molecule has 1 aromatic rings. The third kappa shape index (κ3) is 9.15. The summed E-state index contributed by atoms with van der Waals surface area (Å²) in [7, 11) is 0. The fourth-order valence-electron chi connectivity index (χ4n) is 2.41. The molecule has 0 aliphatic rings.